The summed E-state index contributed by atoms with van der Waals surface area (Å²) >= 11 is 6.50. The van der Waals surface area contributed by atoms with E-state index in [0.29, 0.717) is 22.8 Å². The quantitative estimate of drug-likeness (QED) is 0.310. The van der Waals surface area contributed by atoms with Crippen molar-refractivity contribution in [3.8, 4) is 5.69 Å². The maximum atomic E-state index is 13.9. The van der Waals surface area contributed by atoms with Crippen LogP contribution >= 0.6 is 11.6 Å². The molecular formula is C25H21ClFN5. The summed E-state index contributed by atoms with van der Waals surface area (Å²) in [5.74, 6) is 0.695. The minimum atomic E-state index is -0.336. The number of nitrogens with zero attached hydrogens (tertiary/aromatic N) is 4. The molecule has 0 bridgehead atoms. The molecule has 0 radical (unpaired) electrons. The summed E-state index contributed by atoms with van der Waals surface area (Å²) in [4.78, 5) is 9.27. The standard InChI is InChI=1S/C25H21ClFN5/c1-25(2,3)21-14-22(32(31-21)18-10-6-9-17(27)13-18)30-24-23(26)28-19-11-15-7-4-5-8-16(15)12-20(19)29-24/h4-14H,1-3H3,(H,29,30). The second-order valence-corrected chi connectivity index (χ2v) is 9.09. The number of benzene rings is 3. The maximum Gasteiger partial charge on any atom is 0.172 e. The van der Waals surface area contributed by atoms with Crippen LogP contribution in [-0.2, 0) is 5.41 Å². The number of rotatable bonds is 3. The average Bonchev–Trinajstić information content (AvgIpc) is 3.17. The summed E-state index contributed by atoms with van der Waals surface area (Å²) in [7, 11) is 0. The first-order chi connectivity index (χ1) is 15.3. The Bertz CT molecular complexity index is 1470. The van der Waals surface area contributed by atoms with Crippen molar-refractivity contribution in [1.82, 2.24) is 19.7 Å². The second-order valence-electron chi connectivity index (χ2n) is 8.73. The van der Waals surface area contributed by atoms with E-state index < -0.39 is 0 Å². The fourth-order valence-corrected chi connectivity index (χ4v) is 3.74. The Kier molecular flexibility index (Phi) is 4.82. The Balaban J connectivity index is 1.63. The molecule has 1 N–H and O–H groups in total. The molecule has 2 aromatic heterocycles. The Hall–Kier alpha value is -3.51. The summed E-state index contributed by atoms with van der Waals surface area (Å²) in [6.07, 6.45) is 0. The summed E-state index contributed by atoms with van der Waals surface area (Å²) in [5, 5.41) is 10.4. The lowest BCUT2D eigenvalue weighted by Gasteiger charge is -2.14. The lowest BCUT2D eigenvalue weighted by Crippen LogP contribution is -2.12. The lowest BCUT2D eigenvalue weighted by molar-refractivity contribution is 0.560. The molecule has 0 spiro atoms. The molecule has 7 heteroatoms. The molecule has 0 aliphatic rings. The van der Waals surface area contributed by atoms with Gasteiger partial charge in [0.15, 0.2) is 11.0 Å². The third kappa shape index (κ3) is 3.78. The van der Waals surface area contributed by atoms with Gasteiger partial charge in [0.05, 0.1) is 22.4 Å². The van der Waals surface area contributed by atoms with E-state index in [1.165, 1.54) is 12.1 Å². The van der Waals surface area contributed by atoms with Crippen LogP contribution in [0.1, 0.15) is 26.5 Å². The van der Waals surface area contributed by atoms with Crippen molar-refractivity contribution in [2.75, 3.05) is 5.32 Å². The molecule has 2 heterocycles. The van der Waals surface area contributed by atoms with Crippen molar-refractivity contribution >= 4 is 45.0 Å². The van der Waals surface area contributed by atoms with Gasteiger partial charge in [-0.2, -0.15) is 5.10 Å². The van der Waals surface area contributed by atoms with Gasteiger partial charge in [-0.1, -0.05) is 62.7 Å². The normalized spacial score (nSPS) is 11.9. The predicted molar refractivity (Wildman–Crippen MR) is 128 cm³/mol. The number of hydrogen-bond donors (Lipinski definition) is 1. The number of fused-ring (bicyclic) bond motifs is 2. The zero-order chi connectivity index (χ0) is 22.5. The van der Waals surface area contributed by atoms with Gasteiger partial charge >= 0.3 is 0 Å². The molecule has 160 valence electrons. The molecule has 5 rings (SSSR count). The third-order valence-corrected chi connectivity index (χ3v) is 5.53. The van der Waals surface area contributed by atoms with Crippen LogP contribution in [0.25, 0.3) is 27.5 Å². The molecule has 5 nitrogen and oxygen atoms in total. The fourth-order valence-electron chi connectivity index (χ4n) is 3.56. The molecule has 0 amide bonds. The first-order valence-corrected chi connectivity index (χ1v) is 10.7. The average molecular weight is 446 g/mol. The van der Waals surface area contributed by atoms with Gasteiger partial charge in [-0.3, -0.25) is 0 Å². The van der Waals surface area contributed by atoms with Gasteiger partial charge in [0, 0.05) is 11.5 Å². The van der Waals surface area contributed by atoms with E-state index in [1.807, 2.05) is 42.5 Å². The molecule has 0 saturated heterocycles. The van der Waals surface area contributed by atoms with E-state index >= 15 is 0 Å². The second kappa shape index (κ2) is 7.57. The van der Waals surface area contributed by atoms with Crippen LogP contribution in [0.5, 0.6) is 0 Å². The van der Waals surface area contributed by atoms with Gasteiger partial charge in [-0.15, -0.1) is 0 Å². The van der Waals surface area contributed by atoms with Crippen LogP contribution in [0.3, 0.4) is 0 Å². The van der Waals surface area contributed by atoms with Crippen molar-refractivity contribution in [2.24, 2.45) is 0 Å². The molecule has 0 aliphatic carbocycles. The van der Waals surface area contributed by atoms with Crippen molar-refractivity contribution < 1.29 is 4.39 Å². The van der Waals surface area contributed by atoms with E-state index in [1.54, 1.807) is 16.8 Å². The Morgan fingerprint density at radius 2 is 1.56 bits per heavy atom. The molecule has 0 aliphatic heterocycles. The zero-order valence-electron chi connectivity index (χ0n) is 17.9. The molecular weight excluding hydrogens is 425 g/mol. The number of nitrogens with one attached hydrogen (secondary N) is 1. The Morgan fingerprint density at radius 3 is 2.22 bits per heavy atom. The van der Waals surface area contributed by atoms with Gasteiger partial charge in [0.2, 0.25) is 0 Å². The molecule has 3 aromatic carbocycles. The van der Waals surface area contributed by atoms with E-state index in [2.05, 4.69) is 31.1 Å². The number of aromatic nitrogens is 4. The monoisotopic (exact) mass is 445 g/mol. The van der Waals surface area contributed by atoms with Crippen molar-refractivity contribution in [2.45, 2.75) is 26.2 Å². The Morgan fingerprint density at radius 1 is 0.875 bits per heavy atom. The third-order valence-electron chi connectivity index (χ3n) is 5.27. The van der Waals surface area contributed by atoms with Crippen LogP contribution in [0, 0.1) is 5.82 Å². The summed E-state index contributed by atoms with van der Waals surface area (Å²) in [6, 6.07) is 20.2. The highest BCUT2D eigenvalue weighted by Crippen LogP contribution is 2.31. The fraction of sp³-hybridized carbons (Fsp3) is 0.160. The van der Waals surface area contributed by atoms with Crippen LogP contribution in [0.2, 0.25) is 5.15 Å². The topological polar surface area (TPSA) is 55.6 Å². The molecule has 0 fully saturated rings. The smallest absolute Gasteiger partial charge is 0.172 e. The van der Waals surface area contributed by atoms with Crippen molar-refractivity contribution in [3.05, 3.63) is 83.4 Å². The van der Waals surface area contributed by atoms with Gasteiger partial charge in [-0.25, -0.2) is 19.0 Å². The first-order valence-electron chi connectivity index (χ1n) is 10.3. The first kappa shape index (κ1) is 20.4. The minimum absolute atomic E-state index is 0.202. The summed E-state index contributed by atoms with van der Waals surface area (Å²) in [6.45, 7) is 6.22. The van der Waals surface area contributed by atoms with Gasteiger partial charge in [0.25, 0.3) is 0 Å². The highest BCUT2D eigenvalue weighted by Gasteiger charge is 2.22. The van der Waals surface area contributed by atoms with E-state index in [9.17, 15) is 4.39 Å². The molecule has 0 saturated carbocycles. The number of anilines is 2. The maximum absolute atomic E-state index is 13.9. The summed E-state index contributed by atoms with van der Waals surface area (Å²) in [5.41, 5.74) is 2.68. The molecule has 32 heavy (non-hydrogen) atoms. The Labute approximate surface area is 189 Å². The summed E-state index contributed by atoms with van der Waals surface area (Å²) < 4.78 is 15.6. The minimum Gasteiger partial charge on any atom is -0.322 e. The predicted octanol–water partition coefficient (Wildman–Crippen LogP) is 6.80. The number of hydrogen-bond acceptors (Lipinski definition) is 4. The van der Waals surface area contributed by atoms with E-state index in [4.69, 9.17) is 21.7 Å². The highest BCUT2D eigenvalue weighted by atomic mass is 35.5. The van der Waals surface area contributed by atoms with E-state index in [-0.39, 0.29) is 16.4 Å². The molecule has 0 unspecified atom stereocenters. The van der Waals surface area contributed by atoms with Crippen LogP contribution in [0.15, 0.2) is 66.7 Å². The molecule has 0 atom stereocenters. The van der Waals surface area contributed by atoms with Crippen LogP contribution in [0.4, 0.5) is 16.0 Å². The van der Waals surface area contributed by atoms with Crippen LogP contribution < -0.4 is 5.32 Å². The van der Waals surface area contributed by atoms with Gasteiger partial charge in [-0.05, 0) is 41.1 Å². The lowest BCUT2D eigenvalue weighted by atomic mass is 9.92. The largest absolute Gasteiger partial charge is 0.322 e. The van der Waals surface area contributed by atoms with Gasteiger partial charge < -0.3 is 5.32 Å². The van der Waals surface area contributed by atoms with Crippen molar-refractivity contribution in [1.29, 1.82) is 0 Å². The highest BCUT2D eigenvalue weighted by molar-refractivity contribution is 6.32. The van der Waals surface area contributed by atoms with Gasteiger partial charge in [0.1, 0.15) is 11.6 Å². The van der Waals surface area contributed by atoms with E-state index in [0.717, 1.165) is 22.0 Å². The number of halogens is 2. The molecule has 5 aromatic rings. The van der Waals surface area contributed by atoms with Crippen LogP contribution in [-0.4, -0.2) is 19.7 Å². The zero-order valence-corrected chi connectivity index (χ0v) is 18.7. The van der Waals surface area contributed by atoms with Crippen molar-refractivity contribution in [3.63, 3.8) is 0 Å². The SMILES string of the molecule is CC(C)(C)c1cc(Nc2nc3cc4ccccc4cc3nc2Cl)n(-c2cccc(F)c2)n1.